The van der Waals surface area contributed by atoms with Crippen molar-refractivity contribution >= 4 is 29.3 Å². The first kappa shape index (κ1) is 12.7. The molecule has 0 atom stereocenters. The summed E-state index contributed by atoms with van der Waals surface area (Å²) in [4.78, 5) is 11.7. The number of carboxylic acids is 1. The third kappa shape index (κ3) is 3.91. The second-order valence-electron chi connectivity index (χ2n) is 4.02. The van der Waals surface area contributed by atoms with E-state index in [-0.39, 0.29) is 10.6 Å². The van der Waals surface area contributed by atoms with E-state index in [9.17, 15) is 4.79 Å². The molecule has 1 aliphatic rings. The second kappa shape index (κ2) is 5.76. The van der Waals surface area contributed by atoms with Gasteiger partial charge in [0.25, 0.3) is 0 Å². The zero-order valence-electron chi connectivity index (χ0n) is 9.19. The Balaban J connectivity index is 1.86. The van der Waals surface area contributed by atoms with Gasteiger partial charge in [0, 0.05) is 4.90 Å². The topological polar surface area (TPSA) is 46.5 Å². The standard InChI is InChI=1S/C12H13ClO3S/c13-11-4-3-9(5-10(11)12(14)15)17-7-16-6-8-1-2-8/h3-5,8H,1-2,6-7H2,(H,14,15). The van der Waals surface area contributed by atoms with Gasteiger partial charge in [0.05, 0.1) is 23.1 Å². The van der Waals surface area contributed by atoms with Crippen LogP contribution in [0.3, 0.4) is 0 Å². The second-order valence-corrected chi connectivity index (χ2v) is 5.43. The van der Waals surface area contributed by atoms with Crippen molar-refractivity contribution in [2.24, 2.45) is 5.92 Å². The fraction of sp³-hybridized carbons (Fsp3) is 0.417. The van der Waals surface area contributed by atoms with E-state index in [0.717, 1.165) is 17.4 Å². The van der Waals surface area contributed by atoms with Gasteiger partial charge in [-0.05, 0) is 37.0 Å². The third-order valence-electron chi connectivity index (χ3n) is 2.53. The molecule has 1 saturated carbocycles. The molecule has 92 valence electrons. The van der Waals surface area contributed by atoms with Crippen molar-refractivity contribution in [1.82, 2.24) is 0 Å². The maximum absolute atomic E-state index is 10.9. The maximum atomic E-state index is 10.9. The van der Waals surface area contributed by atoms with Gasteiger partial charge < -0.3 is 9.84 Å². The van der Waals surface area contributed by atoms with E-state index in [1.54, 1.807) is 18.2 Å². The quantitative estimate of drug-likeness (QED) is 0.489. The van der Waals surface area contributed by atoms with Gasteiger partial charge in [0.1, 0.15) is 0 Å². The highest BCUT2D eigenvalue weighted by molar-refractivity contribution is 7.99. The number of thioether (sulfide) groups is 1. The molecule has 0 amide bonds. The van der Waals surface area contributed by atoms with E-state index < -0.39 is 5.97 Å². The summed E-state index contributed by atoms with van der Waals surface area (Å²) in [5, 5.41) is 9.18. The van der Waals surface area contributed by atoms with Crippen LogP contribution >= 0.6 is 23.4 Å². The summed E-state index contributed by atoms with van der Waals surface area (Å²) in [6, 6.07) is 4.99. The normalized spacial score (nSPS) is 14.9. The first-order valence-electron chi connectivity index (χ1n) is 5.40. The molecular weight excluding hydrogens is 260 g/mol. The van der Waals surface area contributed by atoms with Crippen LogP contribution in [0, 0.1) is 5.92 Å². The highest BCUT2D eigenvalue weighted by atomic mass is 35.5. The lowest BCUT2D eigenvalue weighted by molar-refractivity contribution is 0.0697. The Bertz CT molecular complexity index is 418. The summed E-state index contributed by atoms with van der Waals surface area (Å²) < 4.78 is 5.47. The number of carbonyl (C=O) groups is 1. The number of ether oxygens (including phenoxy) is 1. The van der Waals surface area contributed by atoms with E-state index in [1.165, 1.54) is 24.6 Å². The van der Waals surface area contributed by atoms with E-state index in [0.29, 0.717) is 5.94 Å². The fourth-order valence-electron chi connectivity index (χ4n) is 1.37. The van der Waals surface area contributed by atoms with E-state index >= 15 is 0 Å². The molecule has 17 heavy (non-hydrogen) atoms. The molecule has 3 nitrogen and oxygen atoms in total. The average Bonchev–Trinajstić information content (AvgIpc) is 3.10. The maximum Gasteiger partial charge on any atom is 0.337 e. The van der Waals surface area contributed by atoms with Crippen LogP contribution in [0.25, 0.3) is 0 Å². The molecule has 1 aromatic rings. The highest BCUT2D eigenvalue weighted by Crippen LogP contribution is 2.30. The third-order valence-corrected chi connectivity index (χ3v) is 3.73. The lowest BCUT2D eigenvalue weighted by Gasteiger charge is -2.05. The van der Waals surface area contributed by atoms with Crippen LogP contribution in [0.5, 0.6) is 0 Å². The molecule has 0 bridgehead atoms. The Morgan fingerprint density at radius 1 is 1.53 bits per heavy atom. The van der Waals surface area contributed by atoms with Crippen molar-refractivity contribution in [3.63, 3.8) is 0 Å². The zero-order valence-corrected chi connectivity index (χ0v) is 10.8. The van der Waals surface area contributed by atoms with Crippen molar-refractivity contribution in [1.29, 1.82) is 0 Å². The molecule has 0 unspecified atom stereocenters. The summed E-state index contributed by atoms with van der Waals surface area (Å²) in [6.45, 7) is 0.812. The lowest BCUT2D eigenvalue weighted by atomic mass is 10.2. The smallest absolute Gasteiger partial charge is 0.337 e. The van der Waals surface area contributed by atoms with Gasteiger partial charge in [-0.3, -0.25) is 0 Å². The molecule has 0 spiro atoms. The van der Waals surface area contributed by atoms with E-state index in [2.05, 4.69) is 0 Å². The van der Waals surface area contributed by atoms with Crippen LogP contribution in [0.1, 0.15) is 23.2 Å². The van der Waals surface area contributed by atoms with Gasteiger partial charge in [-0.25, -0.2) is 4.79 Å². The fourth-order valence-corrected chi connectivity index (χ4v) is 2.25. The van der Waals surface area contributed by atoms with Crippen LogP contribution in [0.15, 0.2) is 23.1 Å². The number of halogens is 1. The summed E-state index contributed by atoms with van der Waals surface area (Å²) in [5.74, 6) is 0.295. The minimum atomic E-state index is -1.00. The Kier molecular flexibility index (Phi) is 4.31. The van der Waals surface area contributed by atoms with Crippen LogP contribution in [-0.2, 0) is 4.74 Å². The summed E-state index contributed by atoms with van der Waals surface area (Å²) in [7, 11) is 0. The zero-order chi connectivity index (χ0) is 12.3. The molecule has 0 radical (unpaired) electrons. The Hall–Kier alpha value is -0.710. The summed E-state index contributed by atoms with van der Waals surface area (Å²) in [6.07, 6.45) is 2.55. The molecule has 1 aromatic carbocycles. The van der Waals surface area contributed by atoms with Crippen molar-refractivity contribution in [3.8, 4) is 0 Å². The molecule has 0 heterocycles. The molecule has 1 fully saturated rings. The van der Waals surface area contributed by atoms with Crippen molar-refractivity contribution < 1.29 is 14.6 Å². The Labute approximate surface area is 109 Å². The van der Waals surface area contributed by atoms with Crippen LogP contribution in [0.4, 0.5) is 0 Å². The monoisotopic (exact) mass is 272 g/mol. The molecule has 2 rings (SSSR count). The minimum absolute atomic E-state index is 0.138. The van der Waals surface area contributed by atoms with E-state index in [1.807, 2.05) is 0 Å². The number of hydrogen-bond donors (Lipinski definition) is 1. The largest absolute Gasteiger partial charge is 0.478 e. The van der Waals surface area contributed by atoms with E-state index in [4.69, 9.17) is 21.4 Å². The van der Waals surface area contributed by atoms with Gasteiger partial charge in [0.15, 0.2) is 0 Å². The first-order valence-corrected chi connectivity index (χ1v) is 6.76. The molecule has 1 N–H and O–H groups in total. The molecule has 0 aromatic heterocycles. The predicted octanol–water partition coefficient (Wildman–Crippen LogP) is 3.51. The Morgan fingerprint density at radius 2 is 2.29 bits per heavy atom. The van der Waals surface area contributed by atoms with Crippen molar-refractivity contribution in [2.75, 3.05) is 12.5 Å². The van der Waals surface area contributed by atoms with Gasteiger partial charge in [-0.15, -0.1) is 0 Å². The SMILES string of the molecule is O=C(O)c1cc(SCOCC2CC2)ccc1Cl. The van der Waals surface area contributed by atoms with Gasteiger partial charge in [0.2, 0.25) is 0 Å². The van der Waals surface area contributed by atoms with Gasteiger partial charge >= 0.3 is 5.97 Å². The molecular formula is C12H13ClO3S. The summed E-state index contributed by atoms with van der Waals surface area (Å²) in [5.41, 5.74) is 0.138. The lowest BCUT2D eigenvalue weighted by Crippen LogP contribution is -1.98. The predicted molar refractivity (Wildman–Crippen MR) is 67.8 cm³/mol. The number of hydrogen-bond acceptors (Lipinski definition) is 3. The van der Waals surface area contributed by atoms with Crippen LogP contribution in [0.2, 0.25) is 5.02 Å². The van der Waals surface area contributed by atoms with Crippen LogP contribution in [-0.4, -0.2) is 23.6 Å². The number of carboxylic acid groups (broad SMARTS) is 1. The minimum Gasteiger partial charge on any atom is -0.478 e. The molecule has 1 aliphatic carbocycles. The first-order chi connectivity index (χ1) is 8.16. The Morgan fingerprint density at radius 3 is 2.94 bits per heavy atom. The van der Waals surface area contributed by atoms with Crippen LogP contribution < -0.4 is 0 Å². The number of rotatable bonds is 6. The number of aromatic carboxylic acids is 1. The molecule has 5 heteroatoms. The summed E-state index contributed by atoms with van der Waals surface area (Å²) >= 11 is 7.27. The molecule has 0 aliphatic heterocycles. The average molecular weight is 273 g/mol. The highest BCUT2D eigenvalue weighted by Gasteiger charge is 2.21. The van der Waals surface area contributed by atoms with Gasteiger partial charge in [-0.1, -0.05) is 23.4 Å². The number of benzene rings is 1. The van der Waals surface area contributed by atoms with Crippen molar-refractivity contribution in [2.45, 2.75) is 17.7 Å². The van der Waals surface area contributed by atoms with Gasteiger partial charge in [-0.2, -0.15) is 0 Å². The van der Waals surface area contributed by atoms with Crippen molar-refractivity contribution in [3.05, 3.63) is 28.8 Å². The molecule has 0 saturated heterocycles.